The van der Waals surface area contributed by atoms with Crippen molar-refractivity contribution in [3.63, 3.8) is 0 Å². The Morgan fingerprint density at radius 2 is 1.50 bits per heavy atom. The summed E-state index contributed by atoms with van der Waals surface area (Å²) in [7, 11) is 0. The normalized spacial score (nSPS) is 17.1. The van der Waals surface area contributed by atoms with Crippen LogP contribution in [0.25, 0.3) is 27.6 Å². The molecule has 0 atom stereocenters. The summed E-state index contributed by atoms with van der Waals surface area (Å²) in [4.78, 5) is 23.4. The van der Waals surface area contributed by atoms with Crippen molar-refractivity contribution >= 4 is 27.6 Å². The highest BCUT2D eigenvalue weighted by molar-refractivity contribution is 5.88. The van der Waals surface area contributed by atoms with E-state index in [4.69, 9.17) is 0 Å². The van der Waals surface area contributed by atoms with Crippen LogP contribution in [0.4, 0.5) is 0 Å². The molecule has 0 saturated heterocycles. The molecule has 1 fully saturated rings. The smallest absolute Gasteiger partial charge is 0.141 e. The molecule has 2 aliphatic carbocycles. The SMILES string of the molecule is C1=C(c2ncnc3[nH]ccc23)CCC1.c1nc(C2CCCC2)c2cc[nH]c2n1. The van der Waals surface area contributed by atoms with Gasteiger partial charge in [-0.2, -0.15) is 0 Å². The number of nitrogens with zero attached hydrogens (tertiary/aromatic N) is 4. The van der Waals surface area contributed by atoms with Gasteiger partial charge in [0.15, 0.2) is 0 Å². The van der Waals surface area contributed by atoms with Gasteiger partial charge in [-0.3, -0.25) is 0 Å². The van der Waals surface area contributed by atoms with Crippen molar-refractivity contribution in [1.82, 2.24) is 29.9 Å². The van der Waals surface area contributed by atoms with Crippen molar-refractivity contribution in [3.8, 4) is 0 Å². The molecule has 6 rings (SSSR count). The maximum Gasteiger partial charge on any atom is 0.141 e. The van der Waals surface area contributed by atoms with Gasteiger partial charge in [-0.05, 0) is 49.8 Å². The van der Waals surface area contributed by atoms with Gasteiger partial charge in [0.25, 0.3) is 0 Å². The molecule has 6 heteroatoms. The third kappa shape index (κ3) is 3.19. The molecule has 0 unspecified atom stereocenters. The highest BCUT2D eigenvalue weighted by Gasteiger charge is 2.20. The molecule has 4 aromatic heterocycles. The van der Waals surface area contributed by atoms with Crippen molar-refractivity contribution in [1.29, 1.82) is 0 Å². The van der Waals surface area contributed by atoms with E-state index in [2.05, 4.69) is 42.0 Å². The molecule has 4 heterocycles. The van der Waals surface area contributed by atoms with Crippen LogP contribution >= 0.6 is 0 Å². The third-order valence-electron chi connectivity index (χ3n) is 5.83. The average Bonchev–Trinajstić information content (AvgIpc) is 3.54. The van der Waals surface area contributed by atoms with Gasteiger partial charge in [0.1, 0.15) is 23.9 Å². The molecular weight excluding hydrogens is 348 g/mol. The van der Waals surface area contributed by atoms with Gasteiger partial charge in [0, 0.05) is 29.1 Å². The number of nitrogens with one attached hydrogen (secondary N) is 2. The van der Waals surface area contributed by atoms with E-state index in [0.717, 1.165) is 28.8 Å². The molecule has 2 N–H and O–H groups in total. The lowest BCUT2D eigenvalue weighted by molar-refractivity contribution is 0.702. The number of hydrogen-bond donors (Lipinski definition) is 2. The zero-order chi connectivity index (χ0) is 18.8. The van der Waals surface area contributed by atoms with Gasteiger partial charge < -0.3 is 9.97 Å². The highest BCUT2D eigenvalue weighted by Crippen LogP contribution is 2.35. The first-order chi connectivity index (χ1) is 13.9. The monoisotopic (exact) mass is 372 g/mol. The summed E-state index contributed by atoms with van der Waals surface area (Å²) in [5.74, 6) is 0.663. The summed E-state index contributed by atoms with van der Waals surface area (Å²) in [6.07, 6.45) is 18.3. The summed E-state index contributed by atoms with van der Waals surface area (Å²) in [5, 5.41) is 2.35. The molecule has 0 radical (unpaired) electrons. The second kappa shape index (κ2) is 7.54. The van der Waals surface area contributed by atoms with E-state index in [-0.39, 0.29) is 0 Å². The Morgan fingerprint density at radius 3 is 2.25 bits per heavy atom. The van der Waals surface area contributed by atoms with E-state index in [1.807, 2.05) is 18.5 Å². The summed E-state index contributed by atoms with van der Waals surface area (Å²) in [6, 6.07) is 4.13. The molecule has 1 saturated carbocycles. The van der Waals surface area contributed by atoms with Gasteiger partial charge in [0.2, 0.25) is 0 Å². The number of rotatable bonds is 2. The predicted octanol–water partition coefficient (Wildman–Crippen LogP) is 5.14. The summed E-state index contributed by atoms with van der Waals surface area (Å²) < 4.78 is 0. The minimum atomic E-state index is 0.663. The standard InChI is InChI=1S/C11H13N3.C11H11N3/c2*1-2-4-8(3-1)10-9-5-6-12-11(9)14-7-13-10/h5-8H,1-4H2,(H,12,13,14);3,5-7H,1-2,4H2,(H,12,13,14). The second-order valence-electron chi connectivity index (χ2n) is 7.56. The van der Waals surface area contributed by atoms with Crippen molar-refractivity contribution in [2.75, 3.05) is 0 Å². The van der Waals surface area contributed by atoms with Crippen LogP contribution in [0.2, 0.25) is 0 Å². The van der Waals surface area contributed by atoms with E-state index in [1.165, 1.54) is 55.2 Å². The second-order valence-corrected chi connectivity index (χ2v) is 7.56. The first-order valence-electron chi connectivity index (χ1n) is 10.2. The summed E-state index contributed by atoms with van der Waals surface area (Å²) in [5.41, 5.74) is 5.63. The fourth-order valence-electron chi connectivity index (χ4n) is 4.43. The number of fused-ring (bicyclic) bond motifs is 2. The van der Waals surface area contributed by atoms with Crippen molar-refractivity contribution in [3.05, 3.63) is 54.6 Å². The van der Waals surface area contributed by atoms with E-state index < -0.39 is 0 Å². The van der Waals surface area contributed by atoms with Crippen LogP contribution in [-0.4, -0.2) is 29.9 Å². The minimum Gasteiger partial charge on any atom is -0.346 e. The Hall–Kier alpha value is -3.02. The lowest BCUT2D eigenvalue weighted by atomic mass is 10.0. The molecule has 28 heavy (non-hydrogen) atoms. The molecule has 4 aromatic rings. The van der Waals surface area contributed by atoms with Crippen molar-refractivity contribution < 1.29 is 0 Å². The lowest BCUT2D eigenvalue weighted by Crippen LogP contribution is -1.97. The number of aromatic nitrogens is 6. The number of allylic oxidation sites excluding steroid dienone is 2. The first kappa shape index (κ1) is 17.1. The molecule has 0 bridgehead atoms. The van der Waals surface area contributed by atoms with Gasteiger partial charge in [-0.1, -0.05) is 18.9 Å². The Labute approximate surface area is 163 Å². The first-order valence-corrected chi connectivity index (χ1v) is 10.2. The third-order valence-corrected chi connectivity index (χ3v) is 5.83. The minimum absolute atomic E-state index is 0.663. The Balaban J connectivity index is 0.000000122. The van der Waals surface area contributed by atoms with E-state index in [0.29, 0.717) is 5.92 Å². The number of H-pyrrole nitrogens is 2. The highest BCUT2D eigenvalue weighted by atomic mass is 14.9. The van der Waals surface area contributed by atoms with Crippen LogP contribution in [0.3, 0.4) is 0 Å². The van der Waals surface area contributed by atoms with E-state index >= 15 is 0 Å². The van der Waals surface area contributed by atoms with Gasteiger partial charge in [-0.25, -0.2) is 19.9 Å². The van der Waals surface area contributed by atoms with Gasteiger partial charge in [0.05, 0.1) is 11.4 Å². The molecular formula is C22H24N6. The van der Waals surface area contributed by atoms with Crippen LogP contribution in [-0.2, 0) is 0 Å². The van der Waals surface area contributed by atoms with Gasteiger partial charge in [-0.15, -0.1) is 0 Å². The number of hydrogen-bond acceptors (Lipinski definition) is 4. The quantitative estimate of drug-likeness (QED) is 0.510. The molecule has 0 aromatic carbocycles. The van der Waals surface area contributed by atoms with Crippen LogP contribution in [0.15, 0.2) is 43.3 Å². The van der Waals surface area contributed by atoms with Crippen LogP contribution < -0.4 is 0 Å². The maximum atomic E-state index is 4.43. The molecule has 0 aliphatic heterocycles. The maximum absolute atomic E-state index is 4.43. The van der Waals surface area contributed by atoms with Crippen LogP contribution in [0.5, 0.6) is 0 Å². The predicted molar refractivity (Wildman–Crippen MR) is 111 cm³/mol. The van der Waals surface area contributed by atoms with Crippen molar-refractivity contribution in [2.24, 2.45) is 0 Å². The largest absolute Gasteiger partial charge is 0.346 e. The Bertz CT molecular complexity index is 1120. The van der Waals surface area contributed by atoms with E-state index in [9.17, 15) is 0 Å². The van der Waals surface area contributed by atoms with Crippen LogP contribution in [0, 0.1) is 0 Å². The Kier molecular flexibility index (Phi) is 4.61. The topological polar surface area (TPSA) is 83.1 Å². The number of aromatic amines is 2. The Morgan fingerprint density at radius 1 is 0.786 bits per heavy atom. The molecule has 2 aliphatic rings. The lowest BCUT2D eigenvalue weighted by Gasteiger charge is -2.08. The zero-order valence-electron chi connectivity index (χ0n) is 15.9. The fourth-order valence-corrected chi connectivity index (χ4v) is 4.43. The molecule has 0 spiro atoms. The molecule has 0 amide bonds. The molecule has 6 nitrogen and oxygen atoms in total. The van der Waals surface area contributed by atoms with E-state index in [1.54, 1.807) is 12.7 Å². The van der Waals surface area contributed by atoms with Crippen molar-refractivity contribution in [2.45, 2.75) is 50.9 Å². The van der Waals surface area contributed by atoms with Gasteiger partial charge >= 0.3 is 0 Å². The summed E-state index contributed by atoms with van der Waals surface area (Å²) in [6.45, 7) is 0. The zero-order valence-corrected chi connectivity index (χ0v) is 15.9. The molecule has 142 valence electrons. The average molecular weight is 372 g/mol. The summed E-state index contributed by atoms with van der Waals surface area (Å²) >= 11 is 0. The van der Waals surface area contributed by atoms with Crippen LogP contribution in [0.1, 0.15) is 62.3 Å². The fraction of sp³-hybridized carbons (Fsp3) is 0.364.